The quantitative estimate of drug-likeness (QED) is 0.519. The van der Waals surface area contributed by atoms with Crippen molar-refractivity contribution in [2.45, 2.75) is 0 Å². The minimum absolute atomic E-state index is 0.148. The molecule has 0 fully saturated rings. The Morgan fingerprint density at radius 2 is 1.63 bits per heavy atom. The zero-order valence-corrected chi connectivity index (χ0v) is 16.3. The van der Waals surface area contributed by atoms with Gasteiger partial charge in [-0.2, -0.15) is 0 Å². The lowest BCUT2D eigenvalue weighted by molar-refractivity contribution is 0.0975. The number of thiocarbonyl (C=S) groups is 1. The van der Waals surface area contributed by atoms with Crippen LogP contribution < -0.4 is 16.0 Å². The molecule has 8 heteroatoms. The van der Waals surface area contributed by atoms with Crippen LogP contribution in [0.15, 0.2) is 75.8 Å². The van der Waals surface area contributed by atoms with Gasteiger partial charge in [0.25, 0.3) is 11.8 Å². The van der Waals surface area contributed by atoms with E-state index in [0.29, 0.717) is 16.9 Å². The van der Waals surface area contributed by atoms with Crippen molar-refractivity contribution in [3.05, 3.63) is 82.7 Å². The van der Waals surface area contributed by atoms with Gasteiger partial charge in [0.05, 0.1) is 6.26 Å². The molecule has 0 bridgehead atoms. The lowest BCUT2D eigenvalue weighted by Crippen LogP contribution is -2.34. The maximum atomic E-state index is 12.2. The molecule has 0 saturated carbocycles. The number of hydrogen-bond donors (Lipinski definition) is 3. The molecule has 0 spiro atoms. The summed E-state index contributed by atoms with van der Waals surface area (Å²) in [5.41, 5.74) is 1.65. The predicted octanol–water partition coefficient (Wildman–Crippen LogP) is 4.42. The van der Waals surface area contributed by atoms with Crippen LogP contribution in [0.4, 0.5) is 11.4 Å². The van der Waals surface area contributed by atoms with E-state index >= 15 is 0 Å². The maximum absolute atomic E-state index is 12.2. The van der Waals surface area contributed by atoms with Gasteiger partial charge < -0.3 is 15.1 Å². The Bertz CT molecular complexity index is 989. The second-order valence-corrected chi connectivity index (χ2v) is 6.75. The summed E-state index contributed by atoms with van der Waals surface area (Å²) in [7, 11) is 0. The van der Waals surface area contributed by atoms with Crippen LogP contribution in [0.1, 0.15) is 20.9 Å². The number of nitrogens with one attached hydrogen (secondary N) is 3. The minimum atomic E-state index is -0.359. The van der Waals surface area contributed by atoms with Crippen molar-refractivity contribution in [3.63, 3.8) is 0 Å². The molecule has 27 heavy (non-hydrogen) atoms. The molecule has 3 rings (SSSR count). The molecule has 0 unspecified atom stereocenters. The first kappa shape index (κ1) is 18.8. The maximum Gasteiger partial charge on any atom is 0.291 e. The summed E-state index contributed by atoms with van der Waals surface area (Å²) in [6, 6.07) is 17.1. The molecule has 0 saturated heterocycles. The molecule has 136 valence electrons. The molecule has 0 radical (unpaired) electrons. The molecule has 1 heterocycles. The number of halogens is 1. The number of benzene rings is 2. The van der Waals surface area contributed by atoms with E-state index in [2.05, 4.69) is 31.9 Å². The second kappa shape index (κ2) is 8.61. The molecular weight excluding hydrogens is 430 g/mol. The summed E-state index contributed by atoms with van der Waals surface area (Å²) < 4.78 is 5.86. The summed E-state index contributed by atoms with van der Waals surface area (Å²) in [5, 5.41) is 8.40. The summed E-state index contributed by atoms with van der Waals surface area (Å²) in [6.45, 7) is 0. The number of carbonyl (C=O) groups is 2. The van der Waals surface area contributed by atoms with Gasteiger partial charge in [0.15, 0.2) is 10.9 Å². The normalized spacial score (nSPS) is 10.1. The van der Waals surface area contributed by atoms with E-state index in [-0.39, 0.29) is 22.7 Å². The highest BCUT2D eigenvalue weighted by Crippen LogP contribution is 2.16. The standard InChI is InChI=1S/C19H14BrN3O3S/c20-13-5-1-4-12(10-13)17(24)23-19(27)22-15-7-2-6-14(11-15)21-18(25)16-8-3-9-26-16/h1-11H,(H,21,25)(H2,22,23,24,27). The number of rotatable bonds is 4. The summed E-state index contributed by atoms with van der Waals surface area (Å²) in [6.07, 6.45) is 1.43. The zero-order chi connectivity index (χ0) is 19.2. The van der Waals surface area contributed by atoms with Crippen molar-refractivity contribution in [1.29, 1.82) is 0 Å². The summed E-state index contributed by atoms with van der Waals surface area (Å²) in [5.74, 6) is -0.469. The Balaban J connectivity index is 1.61. The molecule has 0 aliphatic rings. The number of anilines is 2. The van der Waals surface area contributed by atoms with E-state index in [1.807, 2.05) is 6.07 Å². The van der Waals surface area contributed by atoms with E-state index < -0.39 is 0 Å². The molecule has 0 aliphatic heterocycles. The molecule has 1 aromatic heterocycles. The lowest BCUT2D eigenvalue weighted by Gasteiger charge is -2.11. The Morgan fingerprint density at radius 3 is 2.33 bits per heavy atom. The molecule has 3 aromatic rings. The monoisotopic (exact) mass is 443 g/mol. The molecular formula is C19H14BrN3O3S. The van der Waals surface area contributed by atoms with Crippen molar-refractivity contribution < 1.29 is 14.0 Å². The van der Waals surface area contributed by atoms with Gasteiger partial charge in [0.1, 0.15) is 0 Å². The highest BCUT2D eigenvalue weighted by Gasteiger charge is 2.10. The third kappa shape index (κ3) is 5.25. The lowest BCUT2D eigenvalue weighted by atomic mass is 10.2. The average Bonchev–Trinajstić information content (AvgIpc) is 3.16. The van der Waals surface area contributed by atoms with Crippen LogP contribution in [-0.2, 0) is 0 Å². The van der Waals surface area contributed by atoms with Crippen molar-refractivity contribution in [2.24, 2.45) is 0 Å². The Labute approximate surface area is 169 Å². The van der Waals surface area contributed by atoms with Crippen LogP contribution >= 0.6 is 28.1 Å². The fourth-order valence-corrected chi connectivity index (χ4v) is 2.85. The predicted molar refractivity (Wildman–Crippen MR) is 111 cm³/mol. The summed E-state index contributed by atoms with van der Waals surface area (Å²) >= 11 is 8.51. The van der Waals surface area contributed by atoms with Crippen molar-refractivity contribution in [2.75, 3.05) is 10.6 Å². The highest BCUT2D eigenvalue weighted by atomic mass is 79.9. The first-order valence-corrected chi connectivity index (χ1v) is 9.04. The number of furan rings is 1. The van der Waals surface area contributed by atoms with Crippen LogP contribution in [0.5, 0.6) is 0 Å². The fraction of sp³-hybridized carbons (Fsp3) is 0. The van der Waals surface area contributed by atoms with Gasteiger partial charge >= 0.3 is 0 Å². The molecule has 6 nitrogen and oxygen atoms in total. The van der Waals surface area contributed by atoms with Gasteiger partial charge in [-0.15, -0.1) is 0 Å². The van der Waals surface area contributed by atoms with Crippen molar-refractivity contribution in [1.82, 2.24) is 5.32 Å². The van der Waals surface area contributed by atoms with Gasteiger partial charge in [-0.1, -0.05) is 28.1 Å². The largest absolute Gasteiger partial charge is 0.459 e. The van der Waals surface area contributed by atoms with Crippen LogP contribution in [0.3, 0.4) is 0 Å². The van der Waals surface area contributed by atoms with E-state index in [4.69, 9.17) is 16.6 Å². The van der Waals surface area contributed by atoms with Gasteiger partial charge in [-0.25, -0.2) is 0 Å². The van der Waals surface area contributed by atoms with Gasteiger partial charge in [-0.3, -0.25) is 14.9 Å². The third-order valence-corrected chi connectivity index (χ3v) is 4.13. The molecule has 2 amide bonds. The van der Waals surface area contributed by atoms with E-state index in [0.717, 1.165) is 4.47 Å². The smallest absolute Gasteiger partial charge is 0.291 e. The van der Waals surface area contributed by atoms with E-state index in [9.17, 15) is 9.59 Å². The topological polar surface area (TPSA) is 83.4 Å². The van der Waals surface area contributed by atoms with E-state index in [1.54, 1.807) is 54.6 Å². The molecule has 3 N–H and O–H groups in total. The van der Waals surface area contributed by atoms with Crippen LogP contribution in [0, 0.1) is 0 Å². The Hall–Kier alpha value is -2.97. The average molecular weight is 444 g/mol. The van der Waals surface area contributed by atoms with Crippen LogP contribution in [-0.4, -0.2) is 16.9 Å². The number of amides is 2. The first-order chi connectivity index (χ1) is 13.0. The van der Waals surface area contributed by atoms with Crippen molar-refractivity contribution in [3.8, 4) is 0 Å². The van der Waals surface area contributed by atoms with Crippen LogP contribution in [0.25, 0.3) is 0 Å². The first-order valence-electron chi connectivity index (χ1n) is 7.84. The SMILES string of the molecule is O=C(NC(=S)Nc1cccc(NC(=O)c2ccco2)c1)c1cccc(Br)c1. The Kier molecular flexibility index (Phi) is 6.00. The van der Waals surface area contributed by atoms with Crippen LogP contribution in [0.2, 0.25) is 0 Å². The zero-order valence-electron chi connectivity index (χ0n) is 13.9. The molecule has 0 atom stereocenters. The third-order valence-electron chi connectivity index (χ3n) is 3.44. The molecule has 0 aliphatic carbocycles. The minimum Gasteiger partial charge on any atom is -0.459 e. The Morgan fingerprint density at radius 1 is 0.889 bits per heavy atom. The van der Waals surface area contributed by atoms with Gasteiger partial charge in [0.2, 0.25) is 0 Å². The van der Waals surface area contributed by atoms with Crippen molar-refractivity contribution >= 4 is 56.4 Å². The number of carbonyl (C=O) groups excluding carboxylic acids is 2. The highest BCUT2D eigenvalue weighted by molar-refractivity contribution is 9.10. The molecule has 2 aromatic carbocycles. The second-order valence-electron chi connectivity index (χ2n) is 5.43. The fourth-order valence-electron chi connectivity index (χ4n) is 2.24. The summed E-state index contributed by atoms with van der Waals surface area (Å²) in [4.78, 5) is 24.2. The van der Waals surface area contributed by atoms with E-state index in [1.165, 1.54) is 6.26 Å². The number of hydrogen-bond acceptors (Lipinski definition) is 4. The van der Waals surface area contributed by atoms with Gasteiger partial charge in [0, 0.05) is 21.4 Å². The van der Waals surface area contributed by atoms with Gasteiger partial charge in [-0.05, 0) is 60.7 Å².